The Bertz CT molecular complexity index is 304. The summed E-state index contributed by atoms with van der Waals surface area (Å²) in [4.78, 5) is 0. The zero-order chi connectivity index (χ0) is 10.5. The lowest BCUT2D eigenvalue weighted by molar-refractivity contribution is 0.520. The standard InChI is InChI=1S/C12H21N3/c1-2-3-10-15-12-9-7-5-4-6-8-11(12)13-14-15/h2-10H2,1H3. The second-order valence-corrected chi connectivity index (χ2v) is 4.47. The van der Waals surface area contributed by atoms with Crippen molar-refractivity contribution in [3.63, 3.8) is 0 Å². The molecule has 1 aromatic heterocycles. The predicted molar refractivity (Wildman–Crippen MR) is 60.8 cm³/mol. The molecule has 0 amide bonds. The molecule has 0 N–H and O–H groups in total. The fraction of sp³-hybridized carbons (Fsp3) is 0.833. The molecule has 1 aromatic rings. The normalized spacial score (nSPS) is 16.9. The molecule has 0 bridgehead atoms. The van der Waals surface area contributed by atoms with Crippen LogP contribution in [0.3, 0.4) is 0 Å². The number of rotatable bonds is 3. The van der Waals surface area contributed by atoms with Gasteiger partial charge in [0.2, 0.25) is 0 Å². The van der Waals surface area contributed by atoms with E-state index in [2.05, 4.69) is 21.9 Å². The molecule has 3 nitrogen and oxygen atoms in total. The Morgan fingerprint density at radius 3 is 2.73 bits per heavy atom. The highest BCUT2D eigenvalue weighted by Crippen LogP contribution is 2.18. The van der Waals surface area contributed by atoms with Crippen LogP contribution in [0.4, 0.5) is 0 Å². The number of aromatic nitrogens is 3. The molecule has 0 radical (unpaired) electrons. The fourth-order valence-electron chi connectivity index (χ4n) is 2.26. The zero-order valence-corrected chi connectivity index (χ0v) is 9.71. The highest BCUT2D eigenvalue weighted by molar-refractivity contribution is 5.11. The van der Waals surface area contributed by atoms with E-state index in [1.54, 1.807) is 0 Å². The van der Waals surface area contributed by atoms with Gasteiger partial charge in [-0.2, -0.15) is 0 Å². The van der Waals surface area contributed by atoms with Crippen molar-refractivity contribution in [1.82, 2.24) is 15.0 Å². The van der Waals surface area contributed by atoms with Gasteiger partial charge in [0.25, 0.3) is 0 Å². The molecule has 1 aliphatic carbocycles. The van der Waals surface area contributed by atoms with Gasteiger partial charge < -0.3 is 0 Å². The van der Waals surface area contributed by atoms with Crippen LogP contribution in [0.1, 0.15) is 56.8 Å². The Hall–Kier alpha value is -0.860. The molecule has 2 rings (SSSR count). The Kier molecular flexibility index (Phi) is 3.75. The summed E-state index contributed by atoms with van der Waals surface area (Å²) in [5.74, 6) is 0. The van der Waals surface area contributed by atoms with Crippen LogP contribution >= 0.6 is 0 Å². The minimum atomic E-state index is 1.05. The van der Waals surface area contributed by atoms with Gasteiger partial charge in [0.15, 0.2) is 0 Å². The molecule has 0 atom stereocenters. The molecule has 0 aromatic carbocycles. The van der Waals surface area contributed by atoms with Gasteiger partial charge in [0.1, 0.15) is 0 Å². The molecule has 0 fully saturated rings. The SMILES string of the molecule is CCCCn1nnc2c1CCCCCC2. The number of fused-ring (bicyclic) bond motifs is 1. The van der Waals surface area contributed by atoms with Crippen LogP contribution in [0.25, 0.3) is 0 Å². The van der Waals surface area contributed by atoms with E-state index in [0.717, 1.165) is 13.0 Å². The number of hydrogen-bond donors (Lipinski definition) is 0. The Balaban J connectivity index is 2.11. The van der Waals surface area contributed by atoms with Crippen molar-refractivity contribution in [1.29, 1.82) is 0 Å². The van der Waals surface area contributed by atoms with Gasteiger partial charge in [-0.3, -0.25) is 0 Å². The molecule has 0 aliphatic heterocycles. The van der Waals surface area contributed by atoms with Crippen LogP contribution in [-0.4, -0.2) is 15.0 Å². The first-order valence-corrected chi connectivity index (χ1v) is 6.33. The van der Waals surface area contributed by atoms with Gasteiger partial charge in [-0.05, 0) is 32.1 Å². The van der Waals surface area contributed by atoms with Crippen molar-refractivity contribution in [2.75, 3.05) is 0 Å². The molecule has 84 valence electrons. The first kappa shape index (κ1) is 10.7. The maximum Gasteiger partial charge on any atom is 0.0859 e. The van der Waals surface area contributed by atoms with Gasteiger partial charge in [-0.15, -0.1) is 5.10 Å². The van der Waals surface area contributed by atoms with Crippen molar-refractivity contribution in [2.24, 2.45) is 0 Å². The smallest absolute Gasteiger partial charge is 0.0859 e. The first-order valence-electron chi connectivity index (χ1n) is 6.33. The summed E-state index contributed by atoms with van der Waals surface area (Å²) in [5.41, 5.74) is 2.69. The van der Waals surface area contributed by atoms with Gasteiger partial charge >= 0.3 is 0 Å². The van der Waals surface area contributed by atoms with Crippen LogP contribution in [0.15, 0.2) is 0 Å². The summed E-state index contributed by atoms with van der Waals surface area (Å²) in [7, 11) is 0. The highest BCUT2D eigenvalue weighted by Gasteiger charge is 2.13. The minimum absolute atomic E-state index is 1.05. The topological polar surface area (TPSA) is 30.7 Å². The third kappa shape index (κ3) is 2.58. The Morgan fingerprint density at radius 2 is 1.93 bits per heavy atom. The molecule has 0 saturated carbocycles. The van der Waals surface area contributed by atoms with E-state index in [9.17, 15) is 0 Å². The van der Waals surface area contributed by atoms with Crippen LogP contribution in [0.5, 0.6) is 0 Å². The maximum atomic E-state index is 4.32. The maximum absolute atomic E-state index is 4.32. The van der Waals surface area contributed by atoms with E-state index in [4.69, 9.17) is 0 Å². The Morgan fingerprint density at radius 1 is 1.13 bits per heavy atom. The van der Waals surface area contributed by atoms with Crippen molar-refractivity contribution >= 4 is 0 Å². The average Bonchev–Trinajstić information content (AvgIpc) is 2.57. The molecule has 0 unspecified atom stereocenters. The van der Waals surface area contributed by atoms with E-state index in [1.165, 1.54) is 56.3 Å². The van der Waals surface area contributed by atoms with Crippen molar-refractivity contribution in [3.8, 4) is 0 Å². The first-order chi connectivity index (χ1) is 7.42. The molecular formula is C12H21N3. The molecule has 3 heteroatoms. The largest absolute Gasteiger partial charge is 0.249 e. The van der Waals surface area contributed by atoms with Gasteiger partial charge in [-0.25, -0.2) is 4.68 Å². The van der Waals surface area contributed by atoms with E-state index >= 15 is 0 Å². The Labute approximate surface area is 91.9 Å². The summed E-state index contributed by atoms with van der Waals surface area (Å²) >= 11 is 0. The monoisotopic (exact) mass is 207 g/mol. The van der Waals surface area contributed by atoms with Gasteiger partial charge in [0, 0.05) is 6.54 Å². The second kappa shape index (κ2) is 5.29. The summed E-state index contributed by atoms with van der Waals surface area (Å²) in [5, 5.41) is 8.61. The van der Waals surface area contributed by atoms with Crippen LogP contribution in [0, 0.1) is 0 Å². The molecular weight excluding hydrogens is 186 g/mol. The third-order valence-corrected chi connectivity index (χ3v) is 3.22. The molecule has 0 saturated heterocycles. The molecule has 0 spiro atoms. The second-order valence-electron chi connectivity index (χ2n) is 4.47. The number of aryl methyl sites for hydroxylation is 2. The third-order valence-electron chi connectivity index (χ3n) is 3.22. The molecule has 15 heavy (non-hydrogen) atoms. The van der Waals surface area contributed by atoms with Crippen LogP contribution < -0.4 is 0 Å². The lowest BCUT2D eigenvalue weighted by atomic mass is 10.0. The van der Waals surface area contributed by atoms with Crippen molar-refractivity contribution in [2.45, 2.75) is 64.8 Å². The summed E-state index contributed by atoms with van der Waals surface area (Å²) < 4.78 is 2.14. The van der Waals surface area contributed by atoms with E-state index in [1.807, 2.05) is 0 Å². The van der Waals surface area contributed by atoms with Gasteiger partial charge in [-0.1, -0.05) is 31.4 Å². The number of unbranched alkanes of at least 4 members (excludes halogenated alkanes) is 1. The summed E-state index contributed by atoms with van der Waals surface area (Å²) in [6.07, 6.45) is 10.1. The lowest BCUT2D eigenvalue weighted by Gasteiger charge is -2.10. The summed E-state index contributed by atoms with van der Waals surface area (Å²) in [6.45, 7) is 3.28. The number of nitrogens with zero attached hydrogens (tertiary/aromatic N) is 3. The predicted octanol–water partition coefficient (Wildman–Crippen LogP) is 2.74. The van der Waals surface area contributed by atoms with Gasteiger partial charge in [0.05, 0.1) is 11.4 Å². The quantitative estimate of drug-likeness (QED) is 0.763. The van der Waals surface area contributed by atoms with E-state index in [-0.39, 0.29) is 0 Å². The minimum Gasteiger partial charge on any atom is -0.249 e. The van der Waals surface area contributed by atoms with E-state index in [0.29, 0.717) is 0 Å². The highest BCUT2D eigenvalue weighted by atomic mass is 15.4. The fourth-order valence-corrected chi connectivity index (χ4v) is 2.26. The van der Waals surface area contributed by atoms with Crippen molar-refractivity contribution < 1.29 is 0 Å². The zero-order valence-electron chi connectivity index (χ0n) is 9.71. The van der Waals surface area contributed by atoms with Crippen molar-refractivity contribution in [3.05, 3.63) is 11.4 Å². The van der Waals surface area contributed by atoms with Crippen LogP contribution in [-0.2, 0) is 19.4 Å². The summed E-state index contributed by atoms with van der Waals surface area (Å²) in [6, 6.07) is 0. The van der Waals surface area contributed by atoms with Crippen LogP contribution in [0.2, 0.25) is 0 Å². The lowest BCUT2D eigenvalue weighted by Crippen LogP contribution is -2.08. The average molecular weight is 207 g/mol. The van der Waals surface area contributed by atoms with E-state index < -0.39 is 0 Å². The molecule has 1 aliphatic rings. The number of hydrogen-bond acceptors (Lipinski definition) is 2. The molecule has 1 heterocycles.